The molecule has 114 valence electrons. The Kier molecular flexibility index (Phi) is 3.38. The number of carbonyl (C=O) groups is 1. The molecule has 0 saturated carbocycles. The molecule has 1 heterocycles. The Morgan fingerprint density at radius 3 is 2.68 bits per heavy atom. The summed E-state index contributed by atoms with van der Waals surface area (Å²) in [5.74, 6) is -1.11. The number of halogens is 1. The second-order valence-electron chi connectivity index (χ2n) is 5.01. The zero-order valence-corrected chi connectivity index (χ0v) is 13.0. The summed E-state index contributed by atoms with van der Waals surface area (Å²) in [6, 6.07) is 7.47. The monoisotopic (exact) mass is 338 g/mol. The molecule has 1 N–H and O–H groups in total. The Morgan fingerprint density at radius 2 is 2.00 bits per heavy atom. The largest absolute Gasteiger partial charge is 0.478 e. The Labute approximate surface area is 132 Å². The molecule has 7 heteroatoms. The molecule has 0 spiro atoms. The minimum atomic E-state index is -3.76. The number of fused-ring (bicyclic) bond motifs is 2. The van der Waals surface area contributed by atoms with Crippen LogP contribution in [0.2, 0.25) is 5.02 Å². The van der Waals surface area contributed by atoms with Gasteiger partial charge >= 0.3 is 5.97 Å². The molecule has 0 saturated heterocycles. The van der Waals surface area contributed by atoms with Gasteiger partial charge in [-0.05, 0) is 24.6 Å². The standard InChI is InChI=1S/C15H11ClO5S/c1-8-3-2-4-9-7-22(19,20)12-6-10(15(17)18)5-11(16)14(12)21-13(8)9/h2-6H,7H2,1H3,(H,17,18). The van der Waals surface area contributed by atoms with Crippen molar-refractivity contribution in [3.05, 3.63) is 52.0 Å². The van der Waals surface area contributed by atoms with Crippen molar-refractivity contribution in [3.8, 4) is 11.5 Å². The van der Waals surface area contributed by atoms with E-state index in [1.165, 1.54) is 6.07 Å². The molecule has 3 rings (SSSR count). The summed E-state index contributed by atoms with van der Waals surface area (Å²) in [6.07, 6.45) is 0. The van der Waals surface area contributed by atoms with Gasteiger partial charge in [0.15, 0.2) is 15.6 Å². The lowest BCUT2D eigenvalue weighted by Gasteiger charge is -2.12. The SMILES string of the molecule is Cc1cccc2c1Oc1c(Cl)cc(C(=O)O)cc1S(=O)(=O)C2. The van der Waals surface area contributed by atoms with Crippen molar-refractivity contribution < 1.29 is 23.1 Å². The summed E-state index contributed by atoms with van der Waals surface area (Å²) in [7, 11) is -3.76. The minimum absolute atomic E-state index is 0.0280. The first-order valence-electron chi connectivity index (χ1n) is 6.35. The van der Waals surface area contributed by atoms with E-state index in [2.05, 4.69) is 0 Å². The zero-order chi connectivity index (χ0) is 16.1. The van der Waals surface area contributed by atoms with Crippen molar-refractivity contribution in [2.24, 2.45) is 0 Å². The van der Waals surface area contributed by atoms with E-state index in [0.717, 1.165) is 11.6 Å². The van der Waals surface area contributed by atoms with Gasteiger partial charge in [0.2, 0.25) is 0 Å². The Hall–Kier alpha value is -2.05. The molecule has 2 aromatic carbocycles. The predicted octanol–water partition coefficient (Wildman–Crippen LogP) is 3.43. The summed E-state index contributed by atoms with van der Waals surface area (Å²) in [5.41, 5.74) is 1.10. The van der Waals surface area contributed by atoms with E-state index < -0.39 is 15.8 Å². The number of hydrogen-bond donors (Lipinski definition) is 1. The number of hydrogen-bond acceptors (Lipinski definition) is 4. The summed E-state index contributed by atoms with van der Waals surface area (Å²) < 4.78 is 30.9. The lowest BCUT2D eigenvalue weighted by atomic mass is 10.1. The van der Waals surface area contributed by atoms with Gasteiger partial charge < -0.3 is 9.84 Å². The zero-order valence-electron chi connectivity index (χ0n) is 11.5. The third kappa shape index (κ3) is 2.34. The summed E-state index contributed by atoms with van der Waals surface area (Å²) >= 11 is 6.06. The number of carboxylic acids is 1. The van der Waals surface area contributed by atoms with Gasteiger partial charge in [-0.3, -0.25) is 0 Å². The maximum Gasteiger partial charge on any atom is 0.335 e. The van der Waals surface area contributed by atoms with Crippen molar-refractivity contribution in [1.82, 2.24) is 0 Å². The smallest absolute Gasteiger partial charge is 0.335 e. The molecular formula is C15H11ClO5S. The van der Waals surface area contributed by atoms with Gasteiger partial charge in [-0.1, -0.05) is 29.8 Å². The van der Waals surface area contributed by atoms with Crippen LogP contribution in [0.3, 0.4) is 0 Å². The van der Waals surface area contributed by atoms with Crippen LogP contribution in [-0.4, -0.2) is 19.5 Å². The molecule has 0 radical (unpaired) electrons. The van der Waals surface area contributed by atoms with E-state index in [9.17, 15) is 13.2 Å². The molecule has 2 aromatic rings. The third-order valence-corrected chi connectivity index (χ3v) is 5.38. The molecule has 1 aliphatic heterocycles. The van der Waals surface area contributed by atoms with Crippen LogP contribution >= 0.6 is 11.6 Å². The van der Waals surface area contributed by atoms with Crippen molar-refractivity contribution in [2.75, 3.05) is 0 Å². The van der Waals surface area contributed by atoms with Gasteiger partial charge in [0, 0.05) is 5.56 Å². The Bertz CT molecular complexity index is 902. The Balaban J connectivity index is 2.33. The average Bonchev–Trinajstić information content (AvgIpc) is 2.54. The molecule has 1 aliphatic rings. The van der Waals surface area contributed by atoms with Crippen LogP contribution < -0.4 is 4.74 Å². The number of sulfone groups is 1. The van der Waals surface area contributed by atoms with Crippen molar-refractivity contribution in [1.29, 1.82) is 0 Å². The topological polar surface area (TPSA) is 80.7 Å². The fourth-order valence-corrected chi connectivity index (χ4v) is 4.23. The first kappa shape index (κ1) is 14.9. The number of carboxylic acid groups (broad SMARTS) is 1. The summed E-state index contributed by atoms with van der Waals surface area (Å²) in [5, 5.41) is 9.03. The van der Waals surface area contributed by atoms with E-state index in [1.807, 2.05) is 0 Å². The molecule has 0 aromatic heterocycles. The normalized spacial score (nSPS) is 15.2. The van der Waals surface area contributed by atoms with Gasteiger partial charge in [0.05, 0.1) is 16.3 Å². The molecule has 0 unspecified atom stereocenters. The quantitative estimate of drug-likeness (QED) is 0.861. The fourth-order valence-electron chi connectivity index (χ4n) is 2.38. The van der Waals surface area contributed by atoms with Gasteiger partial charge in [-0.2, -0.15) is 0 Å². The van der Waals surface area contributed by atoms with Gasteiger partial charge in [0.25, 0.3) is 0 Å². The molecule has 0 amide bonds. The van der Waals surface area contributed by atoms with Gasteiger partial charge in [-0.15, -0.1) is 0 Å². The van der Waals surface area contributed by atoms with E-state index in [1.54, 1.807) is 25.1 Å². The summed E-state index contributed by atoms with van der Waals surface area (Å²) in [6.45, 7) is 1.80. The van der Waals surface area contributed by atoms with Crippen LogP contribution in [0.15, 0.2) is 35.2 Å². The maximum absolute atomic E-state index is 12.6. The van der Waals surface area contributed by atoms with Crippen LogP contribution in [0.4, 0.5) is 0 Å². The van der Waals surface area contributed by atoms with Crippen molar-refractivity contribution in [2.45, 2.75) is 17.6 Å². The molecule has 0 fully saturated rings. The summed E-state index contributed by atoms with van der Waals surface area (Å²) in [4.78, 5) is 10.9. The predicted molar refractivity (Wildman–Crippen MR) is 80.6 cm³/mol. The van der Waals surface area contributed by atoms with E-state index in [-0.39, 0.29) is 27.0 Å². The first-order valence-corrected chi connectivity index (χ1v) is 8.38. The minimum Gasteiger partial charge on any atom is -0.478 e. The highest BCUT2D eigenvalue weighted by atomic mass is 35.5. The van der Waals surface area contributed by atoms with Crippen LogP contribution in [-0.2, 0) is 15.6 Å². The average molecular weight is 339 g/mol. The molecule has 5 nitrogen and oxygen atoms in total. The molecule has 0 bridgehead atoms. The number of aromatic carboxylic acids is 1. The lowest BCUT2D eigenvalue weighted by molar-refractivity contribution is 0.0696. The van der Waals surface area contributed by atoms with E-state index in [0.29, 0.717) is 11.3 Å². The van der Waals surface area contributed by atoms with Crippen LogP contribution in [0.25, 0.3) is 0 Å². The van der Waals surface area contributed by atoms with Crippen molar-refractivity contribution in [3.63, 3.8) is 0 Å². The van der Waals surface area contributed by atoms with Gasteiger partial charge in [-0.25, -0.2) is 13.2 Å². The number of benzene rings is 2. The highest BCUT2D eigenvalue weighted by Gasteiger charge is 2.30. The number of rotatable bonds is 1. The van der Waals surface area contributed by atoms with Crippen molar-refractivity contribution >= 4 is 27.4 Å². The number of aryl methyl sites for hydroxylation is 1. The van der Waals surface area contributed by atoms with Crippen LogP contribution in [0, 0.1) is 6.92 Å². The lowest BCUT2D eigenvalue weighted by Crippen LogP contribution is -2.06. The second kappa shape index (κ2) is 5.00. The molecular weight excluding hydrogens is 328 g/mol. The first-order chi connectivity index (χ1) is 10.3. The third-order valence-electron chi connectivity index (χ3n) is 3.43. The van der Waals surface area contributed by atoms with Crippen LogP contribution in [0.5, 0.6) is 11.5 Å². The van der Waals surface area contributed by atoms with Gasteiger partial charge in [0.1, 0.15) is 10.6 Å². The second-order valence-corrected chi connectivity index (χ2v) is 7.38. The highest BCUT2D eigenvalue weighted by Crippen LogP contribution is 2.43. The number of ether oxygens (including phenoxy) is 1. The van der Waals surface area contributed by atoms with E-state index >= 15 is 0 Å². The Morgan fingerprint density at radius 1 is 1.27 bits per heavy atom. The molecule has 0 atom stereocenters. The molecule has 22 heavy (non-hydrogen) atoms. The maximum atomic E-state index is 12.6. The fraction of sp³-hybridized carbons (Fsp3) is 0.133. The highest BCUT2D eigenvalue weighted by molar-refractivity contribution is 7.90. The van der Waals surface area contributed by atoms with E-state index in [4.69, 9.17) is 21.4 Å². The molecule has 0 aliphatic carbocycles. The number of para-hydroxylation sites is 1. The van der Waals surface area contributed by atoms with Crippen LogP contribution in [0.1, 0.15) is 21.5 Å².